The predicted octanol–water partition coefficient (Wildman–Crippen LogP) is 4.05. The third-order valence-corrected chi connectivity index (χ3v) is 4.34. The first-order valence-electron chi connectivity index (χ1n) is 8.75. The molecule has 2 aromatic carbocycles. The fourth-order valence-electron chi connectivity index (χ4n) is 3.00. The molecule has 0 spiro atoms. The number of anilines is 2. The molecule has 1 aliphatic rings. The van der Waals surface area contributed by atoms with E-state index in [1.807, 2.05) is 54.6 Å². The van der Waals surface area contributed by atoms with Crippen LogP contribution in [0.25, 0.3) is 6.08 Å². The first-order valence-corrected chi connectivity index (χ1v) is 8.75. The lowest BCUT2D eigenvalue weighted by Gasteiger charge is -2.19. The molecule has 4 nitrogen and oxygen atoms in total. The van der Waals surface area contributed by atoms with Gasteiger partial charge in [-0.05, 0) is 42.3 Å². The highest BCUT2D eigenvalue weighted by Gasteiger charge is 2.21. The van der Waals surface area contributed by atoms with Crippen LogP contribution in [-0.2, 0) is 9.59 Å². The molecular formula is C22H22N2O2. The van der Waals surface area contributed by atoms with Crippen molar-refractivity contribution in [1.82, 2.24) is 0 Å². The molecule has 3 rings (SSSR count). The van der Waals surface area contributed by atoms with Crippen LogP contribution in [0.3, 0.4) is 0 Å². The SMILES string of the molecule is C=CCN(C(=O)/C=C/c1ccc(N2CCCC2=O)cc1)c1ccccc1. The summed E-state index contributed by atoms with van der Waals surface area (Å²) in [5.74, 6) is 0.0706. The third kappa shape index (κ3) is 4.09. The lowest BCUT2D eigenvalue weighted by atomic mass is 10.1. The number of carbonyl (C=O) groups excluding carboxylic acids is 2. The van der Waals surface area contributed by atoms with Crippen molar-refractivity contribution in [2.45, 2.75) is 12.8 Å². The van der Waals surface area contributed by atoms with Crippen LogP contribution in [0.5, 0.6) is 0 Å². The fourth-order valence-corrected chi connectivity index (χ4v) is 3.00. The van der Waals surface area contributed by atoms with Crippen molar-refractivity contribution in [3.8, 4) is 0 Å². The molecule has 0 aliphatic carbocycles. The summed E-state index contributed by atoms with van der Waals surface area (Å²) in [6.07, 6.45) is 6.59. The highest BCUT2D eigenvalue weighted by Crippen LogP contribution is 2.22. The van der Waals surface area contributed by atoms with Gasteiger partial charge in [0.1, 0.15) is 0 Å². The standard InChI is InChI=1S/C22H22N2O2/c1-2-16-23(19-7-4-3-5-8-19)22(26)15-12-18-10-13-20(14-11-18)24-17-6-9-21(24)25/h2-5,7-8,10-15H,1,6,9,16-17H2/b15-12+. The Balaban J connectivity index is 1.70. The maximum absolute atomic E-state index is 12.6. The van der Waals surface area contributed by atoms with E-state index in [1.165, 1.54) is 0 Å². The van der Waals surface area contributed by atoms with Crippen molar-refractivity contribution >= 4 is 29.3 Å². The Morgan fingerprint density at radius 2 is 1.85 bits per heavy atom. The number of para-hydroxylation sites is 1. The molecule has 1 fully saturated rings. The molecular weight excluding hydrogens is 324 g/mol. The third-order valence-electron chi connectivity index (χ3n) is 4.34. The number of benzene rings is 2. The zero-order chi connectivity index (χ0) is 18.4. The number of rotatable bonds is 6. The Kier molecular flexibility index (Phi) is 5.64. The number of carbonyl (C=O) groups is 2. The molecule has 0 radical (unpaired) electrons. The van der Waals surface area contributed by atoms with Crippen LogP contribution in [0.15, 0.2) is 73.3 Å². The van der Waals surface area contributed by atoms with Crippen LogP contribution in [0.2, 0.25) is 0 Å². The van der Waals surface area contributed by atoms with E-state index in [9.17, 15) is 9.59 Å². The van der Waals surface area contributed by atoms with Crippen molar-refractivity contribution in [1.29, 1.82) is 0 Å². The molecule has 132 valence electrons. The minimum absolute atomic E-state index is 0.102. The van der Waals surface area contributed by atoms with Crippen LogP contribution in [0, 0.1) is 0 Å². The summed E-state index contributed by atoms with van der Waals surface area (Å²) in [5, 5.41) is 0. The number of hydrogen-bond acceptors (Lipinski definition) is 2. The Bertz CT molecular complexity index is 810. The number of amides is 2. The van der Waals surface area contributed by atoms with Gasteiger partial charge in [0.05, 0.1) is 0 Å². The molecule has 2 aromatic rings. The molecule has 0 saturated carbocycles. The zero-order valence-corrected chi connectivity index (χ0v) is 14.7. The van der Waals surface area contributed by atoms with Crippen molar-refractivity contribution in [2.75, 3.05) is 22.9 Å². The second-order valence-electron chi connectivity index (χ2n) is 6.15. The Morgan fingerprint density at radius 1 is 1.12 bits per heavy atom. The molecule has 1 saturated heterocycles. The summed E-state index contributed by atoms with van der Waals surface area (Å²) in [5.41, 5.74) is 2.67. The van der Waals surface area contributed by atoms with Crippen LogP contribution in [-0.4, -0.2) is 24.9 Å². The molecule has 0 atom stereocenters. The van der Waals surface area contributed by atoms with Crippen LogP contribution in [0.4, 0.5) is 11.4 Å². The van der Waals surface area contributed by atoms with Gasteiger partial charge in [-0.15, -0.1) is 6.58 Å². The van der Waals surface area contributed by atoms with Gasteiger partial charge >= 0.3 is 0 Å². The van der Waals surface area contributed by atoms with E-state index in [2.05, 4.69) is 6.58 Å². The van der Waals surface area contributed by atoms with E-state index in [4.69, 9.17) is 0 Å². The predicted molar refractivity (Wildman–Crippen MR) is 106 cm³/mol. The maximum atomic E-state index is 12.6. The van der Waals surface area contributed by atoms with Gasteiger partial charge in [-0.2, -0.15) is 0 Å². The van der Waals surface area contributed by atoms with Gasteiger partial charge in [-0.25, -0.2) is 0 Å². The van der Waals surface area contributed by atoms with Gasteiger partial charge in [-0.1, -0.05) is 36.4 Å². The molecule has 26 heavy (non-hydrogen) atoms. The average Bonchev–Trinajstić information content (AvgIpc) is 3.11. The molecule has 1 heterocycles. The minimum Gasteiger partial charge on any atom is -0.312 e. The summed E-state index contributed by atoms with van der Waals surface area (Å²) in [6.45, 7) is 4.96. The number of nitrogens with zero attached hydrogens (tertiary/aromatic N) is 2. The Hall–Kier alpha value is -3.14. The van der Waals surface area contributed by atoms with E-state index < -0.39 is 0 Å². The summed E-state index contributed by atoms with van der Waals surface area (Å²) in [6, 6.07) is 17.2. The summed E-state index contributed by atoms with van der Waals surface area (Å²) in [7, 11) is 0. The topological polar surface area (TPSA) is 40.6 Å². The maximum Gasteiger partial charge on any atom is 0.251 e. The molecule has 4 heteroatoms. The lowest BCUT2D eigenvalue weighted by Crippen LogP contribution is -2.29. The second kappa shape index (κ2) is 8.30. The normalized spacial score (nSPS) is 14.0. The molecule has 1 aliphatic heterocycles. The lowest BCUT2D eigenvalue weighted by molar-refractivity contribution is -0.117. The van der Waals surface area contributed by atoms with Gasteiger partial charge < -0.3 is 9.80 Å². The van der Waals surface area contributed by atoms with E-state index >= 15 is 0 Å². The van der Waals surface area contributed by atoms with E-state index in [0.29, 0.717) is 13.0 Å². The van der Waals surface area contributed by atoms with E-state index in [-0.39, 0.29) is 11.8 Å². The van der Waals surface area contributed by atoms with Crippen molar-refractivity contribution in [2.24, 2.45) is 0 Å². The largest absolute Gasteiger partial charge is 0.312 e. The van der Waals surface area contributed by atoms with E-state index in [1.54, 1.807) is 28.0 Å². The zero-order valence-electron chi connectivity index (χ0n) is 14.7. The highest BCUT2D eigenvalue weighted by atomic mass is 16.2. The molecule has 0 unspecified atom stereocenters. The first kappa shape index (κ1) is 17.7. The van der Waals surface area contributed by atoms with E-state index in [0.717, 1.165) is 29.9 Å². The Labute approximate surface area is 154 Å². The monoisotopic (exact) mass is 346 g/mol. The first-order chi connectivity index (χ1) is 12.7. The molecule has 0 aromatic heterocycles. The fraction of sp³-hybridized carbons (Fsp3) is 0.182. The molecule has 0 bridgehead atoms. The van der Waals surface area contributed by atoms with Crippen LogP contribution >= 0.6 is 0 Å². The van der Waals surface area contributed by atoms with Gasteiger partial charge in [0, 0.05) is 37.0 Å². The van der Waals surface area contributed by atoms with Crippen molar-refractivity contribution in [3.05, 3.63) is 78.9 Å². The van der Waals surface area contributed by atoms with Crippen LogP contribution < -0.4 is 9.80 Å². The van der Waals surface area contributed by atoms with Gasteiger partial charge in [0.2, 0.25) is 5.91 Å². The average molecular weight is 346 g/mol. The number of hydrogen-bond donors (Lipinski definition) is 0. The molecule has 2 amide bonds. The second-order valence-corrected chi connectivity index (χ2v) is 6.15. The smallest absolute Gasteiger partial charge is 0.251 e. The molecule has 0 N–H and O–H groups in total. The van der Waals surface area contributed by atoms with Gasteiger partial charge in [0.15, 0.2) is 0 Å². The minimum atomic E-state index is -0.102. The quantitative estimate of drug-likeness (QED) is 0.585. The Morgan fingerprint density at radius 3 is 2.46 bits per heavy atom. The summed E-state index contributed by atoms with van der Waals surface area (Å²) in [4.78, 5) is 27.8. The highest BCUT2D eigenvalue weighted by molar-refractivity contribution is 6.04. The summed E-state index contributed by atoms with van der Waals surface area (Å²) >= 11 is 0. The van der Waals surface area contributed by atoms with Gasteiger partial charge in [0.25, 0.3) is 5.91 Å². The van der Waals surface area contributed by atoms with Crippen molar-refractivity contribution < 1.29 is 9.59 Å². The van der Waals surface area contributed by atoms with Crippen LogP contribution in [0.1, 0.15) is 18.4 Å². The van der Waals surface area contributed by atoms with Crippen molar-refractivity contribution in [3.63, 3.8) is 0 Å². The summed E-state index contributed by atoms with van der Waals surface area (Å²) < 4.78 is 0. The van der Waals surface area contributed by atoms with Gasteiger partial charge in [-0.3, -0.25) is 9.59 Å².